The molecule has 9 heavy (non-hydrogen) atoms. The number of hydrogen-bond acceptors (Lipinski definition) is 0. The van der Waals surface area contributed by atoms with Crippen LogP contribution in [0.5, 0.6) is 0 Å². The van der Waals surface area contributed by atoms with Crippen molar-refractivity contribution in [1.29, 1.82) is 0 Å². The summed E-state index contributed by atoms with van der Waals surface area (Å²) >= 11 is 0. The van der Waals surface area contributed by atoms with Gasteiger partial charge in [-0.2, -0.15) is 0 Å². The fourth-order valence-corrected chi connectivity index (χ4v) is 1.07. The second-order valence-corrected chi connectivity index (χ2v) is 2.71. The Bertz CT molecular complexity index is 140. The first-order valence-electron chi connectivity index (χ1n) is 3.68. The minimum Gasteiger partial charge on any atom is -0.0810 e. The minimum atomic E-state index is 0.814. The average Bonchev–Trinajstić information content (AvgIpc) is 1.90. The molecular weight excluding hydrogens is 108 g/mol. The molecule has 1 aliphatic carbocycles. The number of rotatable bonds is 1. The molecule has 0 aromatic rings. The van der Waals surface area contributed by atoms with Crippen molar-refractivity contribution in [3.8, 4) is 0 Å². The third-order valence-corrected chi connectivity index (χ3v) is 1.90. The van der Waals surface area contributed by atoms with Crippen LogP contribution < -0.4 is 0 Å². The van der Waals surface area contributed by atoms with Crippen LogP contribution in [-0.2, 0) is 0 Å². The first kappa shape index (κ1) is 6.60. The molecule has 0 saturated carbocycles. The molecule has 0 heteroatoms. The van der Waals surface area contributed by atoms with Gasteiger partial charge in [-0.3, -0.25) is 0 Å². The SMILES string of the molecule is CCC1C=CC(C)=CC1. The maximum Gasteiger partial charge on any atom is -0.0198 e. The Morgan fingerprint density at radius 2 is 2.44 bits per heavy atom. The summed E-state index contributed by atoms with van der Waals surface area (Å²) in [5.74, 6) is 0.814. The van der Waals surface area contributed by atoms with Gasteiger partial charge < -0.3 is 0 Å². The lowest BCUT2D eigenvalue weighted by atomic mass is 9.95. The van der Waals surface area contributed by atoms with Crippen LogP contribution in [0.15, 0.2) is 23.8 Å². The molecule has 0 spiro atoms. The molecule has 0 radical (unpaired) electrons. The van der Waals surface area contributed by atoms with E-state index in [2.05, 4.69) is 32.1 Å². The molecule has 1 aliphatic rings. The normalized spacial score (nSPS) is 26.0. The van der Waals surface area contributed by atoms with E-state index < -0.39 is 0 Å². The Morgan fingerprint density at radius 3 is 2.89 bits per heavy atom. The summed E-state index contributed by atoms with van der Waals surface area (Å²) in [6.45, 7) is 4.39. The zero-order chi connectivity index (χ0) is 6.69. The van der Waals surface area contributed by atoms with E-state index in [-0.39, 0.29) is 0 Å². The lowest BCUT2D eigenvalue weighted by molar-refractivity contribution is 0.629. The summed E-state index contributed by atoms with van der Waals surface area (Å²) in [5, 5.41) is 0. The van der Waals surface area contributed by atoms with E-state index in [0.29, 0.717) is 0 Å². The van der Waals surface area contributed by atoms with Gasteiger partial charge in [0, 0.05) is 0 Å². The smallest absolute Gasteiger partial charge is 0.0198 e. The zero-order valence-electron chi connectivity index (χ0n) is 6.22. The largest absolute Gasteiger partial charge is 0.0810 e. The van der Waals surface area contributed by atoms with Gasteiger partial charge in [-0.1, -0.05) is 30.7 Å². The van der Waals surface area contributed by atoms with Gasteiger partial charge in [0.05, 0.1) is 0 Å². The summed E-state index contributed by atoms with van der Waals surface area (Å²) in [5.41, 5.74) is 1.42. The highest BCUT2D eigenvalue weighted by Gasteiger charge is 2.02. The molecule has 0 fully saturated rings. The van der Waals surface area contributed by atoms with Crippen LogP contribution in [-0.4, -0.2) is 0 Å². The molecule has 0 aliphatic heterocycles. The van der Waals surface area contributed by atoms with Gasteiger partial charge in [0.2, 0.25) is 0 Å². The van der Waals surface area contributed by atoms with Crippen LogP contribution in [0.2, 0.25) is 0 Å². The van der Waals surface area contributed by atoms with Crippen molar-refractivity contribution in [3.63, 3.8) is 0 Å². The number of hydrogen-bond donors (Lipinski definition) is 0. The molecule has 1 rings (SSSR count). The molecular formula is C9H14. The van der Waals surface area contributed by atoms with Gasteiger partial charge in [-0.05, 0) is 25.7 Å². The van der Waals surface area contributed by atoms with E-state index in [9.17, 15) is 0 Å². The number of allylic oxidation sites excluding steroid dienone is 4. The maximum absolute atomic E-state index is 2.31. The van der Waals surface area contributed by atoms with Crippen molar-refractivity contribution >= 4 is 0 Å². The summed E-state index contributed by atoms with van der Waals surface area (Å²) in [6.07, 6.45) is 9.38. The first-order chi connectivity index (χ1) is 4.33. The summed E-state index contributed by atoms with van der Waals surface area (Å²) < 4.78 is 0. The molecule has 0 nitrogen and oxygen atoms in total. The van der Waals surface area contributed by atoms with E-state index in [1.165, 1.54) is 18.4 Å². The van der Waals surface area contributed by atoms with Crippen molar-refractivity contribution in [1.82, 2.24) is 0 Å². The van der Waals surface area contributed by atoms with Gasteiger partial charge >= 0.3 is 0 Å². The molecule has 0 aromatic heterocycles. The Kier molecular flexibility index (Phi) is 2.10. The second kappa shape index (κ2) is 2.86. The molecule has 0 saturated heterocycles. The van der Waals surface area contributed by atoms with Crippen molar-refractivity contribution in [3.05, 3.63) is 23.8 Å². The highest BCUT2D eigenvalue weighted by atomic mass is 14.1. The minimum absolute atomic E-state index is 0.814. The summed E-state index contributed by atoms with van der Waals surface area (Å²) in [4.78, 5) is 0. The van der Waals surface area contributed by atoms with Crippen LogP contribution >= 0.6 is 0 Å². The predicted molar refractivity (Wildman–Crippen MR) is 41.3 cm³/mol. The van der Waals surface area contributed by atoms with Crippen LogP contribution in [0, 0.1) is 5.92 Å². The predicted octanol–water partition coefficient (Wildman–Crippen LogP) is 2.92. The van der Waals surface area contributed by atoms with Gasteiger partial charge in [0.1, 0.15) is 0 Å². The molecule has 0 N–H and O–H groups in total. The molecule has 0 heterocycles. The lowest BCUT2D eigenvalue weighted by Crippen LogP contribution is -1.95. The van der Waals surface area contributed by atoms with Crippen LogP contribution in [0.4, 0.5) is 0 Å². The van der Waals surface area contributed by atoms with Gasteiger partial charge in [0.15, 0.2) is 0 Å². The van der Waals surface area contributed by atoms with E-state index in [0.717, 1.165) is 5.92 Å². The Morgan fingerprint density at radius 1 is 1.67 bits per heavy atom. The zero-order valence-corrected chi connectivity index (χ0v) is 6.22. The summed E-state index contributed by atoms with van der Waals surface area (Å²) in [6, 6.07) is 0. The van der Waals surface area contributed by atoms with Gasteiger partial charge in [0.25, 0.3) is 0 Å². The first-order valence-corrected chi connectivity index (χ1v) is 3.68. The van der Waals surface area contributed by atoms with Crippen molar-refractivity contribution in [2.75, 3.05) is 0 Å². The topological polar surface area (TPSA) is 0 Å². The molecule has 0 amide bonds. The Balaban J connectivity index is 2.48. The van der Waals surface area contributed by atoms with Crippen molar-refractivity contribution in [2.45, 2.75) is 26.7 Å². The van der Waals surface area contributed by atoms with Crippen molar-refractivity contribution in [2.24, 2.45) is 5.92 Å². The maximum atomic E-state index is 2.31. The Labute approximate surface area is 57.3 Å². The molecule has 50 valence electrons. The van der Waals surface area contributed by atoms with E-state index in [1.54, 1.807) is 0 Å². The lowest BCUT2D eigenvalue weighted by Gasteiger charge is -2.10. The summed E-state index contributed by atoms with van der Waals surface area (Å²) in [7, 11) is 0. The van der Waals surface area contributed by atoms with Crippen molar-refractivity contribution < 1.29 is 0 Å². The van der Waals surface area contributed by atoms with Gasteiger partial charge in [-0.15, -0.1) is 0 Å². The molecule has 0 aromatic carbocycles. The fourth-order valence-electron chi connectivity index (χ4n) is 1.07. The monoisotopic (exact) mass is 122 g/mol. The van der Waals surface area contributed by atoms with E-state index in [1.807, 2.05) is 0 Å². The van der Waals surface area contributed by atoms with E-state index in [4.69, 9.17) is 0 Å². The Hall–Kier alpha value is -0.520. The third-order valence-electron chi connectivity index (χ3n) is 1.90. The third kappa shape index (κ3) is 1.70. The van der Waals surface area contributed by atoms with Crippen LogP contribution in [0.3, 0.4) is 0 Å². The highest BCUT2D eigenvalue weighted by molar-refractivity contribution is 5.20. The second-order valence-electron chi connectivity index (χ2n) is 2.71. The van der Waals surface area contributed by atoms with Gasteiger partial charge in [-0.25, -0.2) is 0 Å². The standard InChI is InChI=1S/C9H14/c1-3-9-6-4-8(2)5-7-9/h4-6,9H,3,7H2,1-2H3. The molecule has 1 atom stereocenters. The fraction of sp³-hybridized carbons (Fsp3) is 0.556. The van der Waals surface area contributed by atoms with Crippen LogP contribution in [0.1, 0.15) is 26.7 Å². The average molecular weight is 122 g/mol. The van der Waals surface area contributed by atoms with Crippen LogP contribution in [0.25, 0.3) is 0 Å². The highest BCUT2D eigenvalue weighted by Crippen LogP contribution is 2.17. The molecule has 1 unspecified atom stereocenters. The van der Waals surface area contributed by atoms with E-state index >= 15 is 0 Å². The quantitative estimate of drug-likeness (QED) is 0.501. The molecule has 0 bridgehead atoms.